The van der Waals surface area contributed by atoms with Gasteiger partial charge in [-0.2, -0.15) is 0 Å². The summed E-state index contributed by atoms with van der Waals surface area (Å²) in [5.74, 6) is -0.0506. The Kier molecular flexibility index (Phi) is 4.15. The van der Waals surface area contributed by atoms with E-state index in [9.17, 15) is 4.79 Å². The van der Waals surface area contributed by atoms with E-state index in [2.05, 4.69) is 18.2 Å². The standard InChI is InChI=1S/C6H11O2.C5H5.Ti/c1-5(7)8-6(2,3)4;1-2-4-5-3-1;/h1H2,2-4H3;1-3H,4H2;. The van der Waals surface area contributed by atoms with Crippen molar-refractivity contribution in [3.05, 3.63) is 22.1 Å². The molecule has 1 rings (SSSR count). The third kappa shape index (κ3) is 4.78. The zero-order valence-electron chi connectivity index (χ0n) is 8.96. The van der Waals surface area contributed by atoms with Crippen LogP contribution < -0.4 is 0 Å². The first kappa shape index (κ1) is 11.7. The van der Waals surface area contributed by atoms with E-state index < -0.39 is 0 Å². The minimum absolute atomic E-state index is 0.0506. The van der Waals surface area contributed by atoms with Crippen LogP contribution in [0, 0.1) is 0 Å². The van der Waals surface area contributed by atoms with Crippen molar-refractivity contribution >= 4 is 5.97 Å². The average Bonchev–Trinajstić information content (AvgIpc) is 2.49. The van der Waals surface area contributed by atoms with Gasteiger partial charge >= 0.3 is 94.3 Å². The van der Waals surface area contributed by atoms with Crippen LogP contribution in [-0.4, -0.2) is 11.6 Å². The summed E-state index contributed by atoms with van der Waals surface area (Å²) in [4.78, 5) is 11.4. The van der Waals surface area contributed by atoms with Gasteiger partial charge in [-0.3, -0.25) is 0 Å². The van der Waals surface area contributed by atoms with Crippen molar-refractivity contribution in [1.29, 1.82) is 0 Å². The second-order valence-electron chi connectivity index (χ2n) is 4.26. The van der Waals surface area contributed by atoms with Crippen molar-refractivity contribution in [3.63, 3.8) is 0 Å². The van der Waals surface area contributed by atoms with E-state index >= 15 is 0 Å². The van der Waals surface area contributed by atoms with Crippen molar-refractivity contribution < 1.29 is 28.7 Å². The van der Waals surface area contributed by atoms with Crippen LogP contribution in [0.5, 0.6) is 0 Å². The van der Waals surface area contributed by atoms with Gasteiger partial charge in [-0.05, 0) is 0 Å². The third-order valence-electron chi connectivity index (χ3n) is 1.65. The molecule has 0 saturated carbocycles. The van der Waals surface area contributed by atoms with E-state index in [0.29, 0.717) is 4.73 Å². The Bertz CT molecular complexity index is 272. The molecule has 0 spiro atoms. The molecule has 0 heterocycles. The van der Waals surface area contributed by atoms with Gasteiger partial charge in [0.1, 0.15) is 0 Å². The van der Waals surface area contributed by atoms with E-state index in [-0.39, 0.29) is 30.7 Å². The molecule has 1 aliphatic rings. The van der Waals surface area contributed by atoms with Gasteiger partial charge in [0.05, 0.1) is 0 Å². The summed E-state index contributed by atoms with van der Waals surface area (Å²) in [6, 6.07) is 0. The number of carbonyl (C=O) groups is 1. The molecule has 0 atom stereocenters. The third-order valence-corrected chi connectivity index (χ3v) is 3.67. The van der Waals surface area contributed by atoms with Crippen molar-refractivity contribution in [1.82, 2.24) is 0 Å². The molecule has 0 aromatic heterocycles. The van der Waals surface area contributed by atoms with Crippen LogP contribution in [0.2, 0.25) is 4.73 Å². The van der Waals surface area contributed by atoms with E-state index in [1.165, 1.54) is 3.88 Å². The molecule has 2 nitrogen and oxygen atoms in total. The fraction of sp³-hybridized carbons (Fsp3) is 0.545. The van der Waals surface area contributed by atoms with Gasteiger partial charge < -0.3 is 0 Å². The quantitative estimate of drug-likeness (QED) is 0.548. The number of hydrogen-bond acceptors (Lipinski definition) is 2. The number of allylic oxidation sites excluding steroid dienone is 4. The van der Waals surface area contributed by atoms with Crippen LogP contribution in [0.15, 0.2) is 22.1 Å². The molecule has 0 N–H and O–H groups in total. The summed E-state index contributed by atoms with van der Waals surface area (Å²) in [5.41, 5.74) is -0.342. The first-order valence-corrected chi connectivity index (χ1v) is 6.67. The zero-order chi connectivity index (χ0) is 10.6. The van der Waals surface area contributed by atoms with Crippen LogP contribution >= 0.6 is 0 Å². The van der Waals surface area contributed by atoms with Crippen molar-refractivity contribution in [3.8, 4) is 0 Å². The Hall–Kier alpha value is -0.336. The number of ether oxygens (including phenoxy) is 1. The van der Waals surface area contributed by atoms with E-state index in [0.717, 1.165) is 6.42 Å². The fourth-order valence-corrected chi connectivity index (χ4v) is 2.58. The summed E-state index contributed by atoms with van der Waals surface area (Å²) in [6.45, 7) is 5.71. The first-order valence-electron chi connectivity index (χ1n) is 4.79. The van der Waals surface area contributed by atoms with Gasteiger partial charge in [0, 0.05) is 0 Å². The maximum atomic E-state index is 11.4. The Morgan fingerprint density at radius 3 is 2.79 bits per heavy atom. The van der Waals surface area contributed by atoms with Crippen LogP contribution in [0.4, 0.5) is 0 Å². The summed E-state index contributed by atoms with van der Waals surface area (Å²) in [5, 5.41) is 0. The number of rotatable bonds is 3. The molecule has 0 amide bonds. The first-order chi connectivity index (χ1) is 6.47. The Balaban J connectivity index is 2.22. The average molecular weight is 228 g/mol. The molecule has 0 aromatic carbocycles. The van der Waals surface area contributed by atoms with Gasteiger partial charge in [0.15, 0.2) is 0 Å². The van der Waals surface area contributed by atoms with E-state index in [1.807, 2.05) is 20.8 Å². The molecule has 3 heteroatoms. The number of hydrogen-bond donors (Lipinski definition) is 0. The van der Waals surface area contributed by atoms with Crippen LogP contribution in [0.1, 0.15) is 27.2 Å². The topological polar surface area (TPSA) is 26.3 Å². The van der Waals surface area contributed by atoms with Gasteiger partial charge in [0.2, 0.25) is 0 Å². The van der Waals surface area contributed by atoms with Gasteiger partial charge in [-0.1, -0.05) is 0 Å². The Morgan fingerprint density at radius 1 is 1.57 bits per heavy atom. The molecule has 0 unspecified atom stereocenters. The van der Waals surface area contributed by atoms with Gasteiger partial charge in [-0.15, -0.1) is 0 Å². The van der Waals surface area contributed by atoms with Crippen molar-refractivity contribution in [2.45, 2.75) is 37.5 Å². The molecule has 14 heavy (non-hydrogen) atoms. The van der Waals surface area contributed by atoms with Crippen LogP contribution in [0.25, 0.3) is 0 Å². The summed E-state index contributed by atoms with van der Waals surface area (Å²) < 4.78 is 7.30. The molecule has 1 aliphatic carbocycles. The number of carbonyl (C=O) groups excluding carboxylic acids is 1. The summed E-state index contributed by atoms with van der Waals surface area (Å²) in [6.07, 6.45) is 7.37. The molecule has 0 bridgehead atoms. The van der Waals surface area contributed by atoms with E-state index in [1.54, 1.807) is 0 Å². The minimum atomic E-state index is -0.342. The van der Waals surface area contributed by atoms with Crippen LogP contribution in [-0.2, 0) is 28.7 Å². The molecular formula is C11H16O2Ti. The summed E-state index contributed by atoms with van der Waals surface area (Å²) in [7, 11) is 0. The number of esters is 1. The molecule has 0 aliphatic heterocycles. The molecular weight excluding hydrogens is 212 g/mol. The molecule has 76 valence electrons. The second-order valence-corrected chi connectivity index (χ2v) is 6.37. The Labute approximate surface area is 94.3 Å². The van der Waals surface area contributed by atoms with Gasteiger partial charge in [-0.25, -0.2) is 0 Å². The maximum absolute atomic E-state index is 11.4. The summed E-state index contributed by atoms with van der Waals surface area (Å²) >= 11 is -0.282. The predicted octanol–water partition coefficient (Wildman–Crippen LogP) is 2.67. The zero-order valence-corrected chi connectivity index (χ0v) is 10.5. The van der Waals surface area contributed by atoms with E-state index in [4.69, 9.17) is 4.74 Å². The normalized spacial score (nSPS) is 15.2. The molecule has 0 radical (unpaired) electrons. The SMILES string of the molecule is CC(C)(C)OC(=O)[CH2][Ti][C]1=CC=CC1. The van der Waals surface area contributed by atoms with Gasteiger partial charge in [0.25, 0.3) is 0 Å². The fourth-order valence-electron chi connectivity index (χ4n) is 1.14. The van der Waals surface area contributed by atoms with Crippen molar-refractivity contribution in [2.24, 2.45) is 0 Å². The molecule has 0 saturated heterocycles. The Morgan fingerprint density at radius 2 is 2.29 bits per heavy atom. The van der Waals surface area contributed by atoms with Crippen molar-refractivity contribution in [2.75, 3.05) is 0 Å². The second kappa shape index (κ2) is 4.95. The predicted molar refractivity (Wildman–Crippen MR) is 52.5 cm³/mol. The molecule has 0 fully saturated rings. The monoisotopic (exact) mass is 228 g/mol. The molecule has 0 aromatic rings. The van der Waals surface area contributed by atoms with Crippen LogP contribution in [0.3, 0.4) is 0 Å².